The molecule has 16 heteroatoms. The molecule has 4 heterocycles. The molecular weight excluding hydrogens is 988 g/mol. The smallest absolute Gasteiger partial charge is 0.306 e. The molecule has 4 N–H and O–H groups in total. The van der Waals surface area contributed by atoms with E-state index in [1.807, 2.05) is 79.7 Å². The van der Waals surface area contributed by atoms with Crippen molar-refractivity contribution in [2.24, 2.45) is 16.8 Å². The van der Waals surface area contributed by atoms with E-state index in [2.05, 4.69) is 113 Å². The van der Waals surface area contributed by atoms with Crippen LogP contribution in [0.3, 0.4) is 0 Å². The normalized spacial score (nSPS) is 11.4. The van der Waals surface area contributed by atoms with Gasteiger partial charge in [0.2, 0.25) is 23.4 Å². The number of aliphatic carboxylic acids is 1. The number of carboxylic acid groups (broad SMARTS) is 1. The third-order valence-electron chi connectivity index (χ3n) is 9.36. The fourth-order valence-corrected chi connectivity index (χ4v) is 5.17. The third-order valence-corrected chi connectivity index (χ3v) is 10.4. The Balaban J connectivity index is 0.000000304. The molecule has 0 radical (unpaired) electrons. The Morgan fingerprint density at radius 2 is 1.06 bits per heavy atom. The number of aromatic nitrogens is 6. The topological polar surface area (TPSA) is 200 Å². The van der Waals surface area contributed by atoms with Gasteiger partial charge in [0.1, 0.15) is 0 Å². The number of benzene rings is 3. The number of terminal acetylenes is 1. The second kappa shape index (κ2) is 30.5. The quantitative estimate of drug-likeness (QED) is 0.0407. The van der Waals surface area contributed by atoms with Crippen molar-refractivity contribution >= 4 is 56.1 Å². The molecule has 0 aliphatic rings. The number of amidine groups is 1. The molecule has 0 aliphatic heterocycles. The lowest BCUT2D eigenvalue weighted by atomic mass is 10.1. The lowest BCUT2D eigenvalue weighted by Gasteiger charge is -1.98. The van der Waals surface area contributed by atoms with Crippen molar-refractivity contribution in [3.8, 4) is 47.0 Å². The minimum absolute atomic E-state index is 0. The van der Waals surface area contributed by atoms with Crippen molar-refractivity contribution in [2.75, 3.05) is 0 Å². The summed E-state index contributed by atoms with van der Waals surface area (Å²) in [5.41, 5.74) is 10.7. The van der Waals surface area contributed by atoms with Crippen molar-refractivity contribution in [1.29, 1.82) is 0 Å². The van der Waals surface area contributed by atoms with Crippen LogP contribution in [-0.4, -0.2) is 52.4 Å². The molecule has 3 aromatic carbocycles. The fraction of sp³-hybridized carbons (Fsp3) is 0.240. The Morgan fingerprint density at radius 3 is 1.41 bits per heavy atom. The second-order valence-corrected chi connectivity index (χ2v) is 16.0. The van der Waals surface area contributed by atoms with Crippen LogP contribution in [-0.2, 0) is 4.79 Å². The van der Waals surface area contributed by atoms with Crippen LogP contribution in [0.25, 0.3) is 22.8 Å². The van der Waals surface area contributed by atoms with Gasteiger partial charge in [0.25, 0.3) is 0 Å². The van der Waals surface area contributed by atoms with Gasteiger partial charge in [0, 0.05) is 78.9 Å². The average Bonchev–Trinajstić information content (AvgIpc) is 4.06. The average molecular weight is 1040 g/mol. The SMILES string of the molecule is C#Cc1ccncc1.CCC(C)C(=O)O.CCC(C)c1nc(-c2ccc(Br)cc2)no1.CCC(C)c1nc(-c2ccc(C#Cc3ccncc3)cc2)no1.Cl.N/C(=N\O)c1ccc(Br)cc1. The molecule has 66 heavy (non-hydrogen) atoms. The maximum Gasteiger partial charge on any atom is 0.306 e. The van der Waals surface area contributed by atoms with Gasteiger partial charge in [-0.25, -0.2) is 0 Å². The number of carbonyl (C=O) groups is 1. The molecule has 0 saturated carbocycles. The highest BCUT2D eigenvalue weighted by molar-refractivity contribution is 9.10. The molecule has 344 valence electrons. The molecule has 13 nitrogen and oxygen atoms in total. The van der Waals surface area contributed by atoms with E-state index in [9.17, 15) is 4.79 Å². The standard InChI is InChI=1S/C19H17N3O.C12H13BrN2O.C7H7BrN2O.C7H5N.C5H10O2.ClH/c1-3-14(2)19-21-18(22-23-19)17-8-6-15(7-9-17)4-5-16-10-12-20-13-11-16;1-3-8(2)12-14-11(15-16-12)9-4-6-10(13)7-5-9;8-6-3-1-5(2-4-6)7(9)10-11;1-2-7-3-5-8-6-4-7;1-3-4(2)5(6)7;/h6-14H,3H2,1-2H3;4-8H,3H2,1-2H3;1-4,11H,(H2,9,10);1,3-6H;4H,3H2,1-2H3,(H,6,7);1H. The number of nitrogens with two attached hydrogens (primary N) is 1. The Bertz CT molecular complexity index is 2590. The minimum atomic E-state index is -0.706. The van der Waals surface area contributed by atoms with Crippen molar-refractivity contribution < 1.29 is 24.2 Å². The van der Waals surface area contributed by atoms with Gasteiger partial charge < -0.3 is 25.1 Å². The zero-order valence-electron chi connectivity index (χ0n) is 37.5. The van der Waals surface area contributed by atoms with E-state index in [1.54, 1.807) is 56.0 Å². The van der Waals surface area contributed by atoms with Crippen molar-refractivity contribution in [3.05, 3.63) is 165 Å². The van der Waals surface area contributed by atoms with Crippen LogP contribution in [0.5, 0.6) is 0 Å². The van der Waals surface area contributed by atoms with Crippen molar-refractivity contribution in [3.63, 3.8) is 0 Å². The monoisotopic (exact) mass is 1040 g/mol. The summed E-state index contributed by atoms with van der Waals surface area (Å²) in [4.78, 5) is 26.5. The predicted molar refractivity (Wildman–Crippen MR) is 268 cm³/mol. The van der Waals surface area contributed by atoms with Crippen LogP contribution in [0, 0.1) is 30.1 Å². The van der Waals surface area contributed by atoms with Gasteiger partial charge in [-0.1, -0.05) is 119 Å². The van der Waals surface area contributed by atoms with Gasteiger partial charge in [-0.3, -0.25) is 14.8 Å². The Morgan fingerprint density at radius 1 is 0.667 bits per heavy atom. The Kier molecular flexibility index (Phi) is 25.6. The number of hydrogen-bond acceptors (Lipinski definition) is 11. The lowest BCUT2D eigenvalue weighted by molar-refractivity contribution is -0.141. The highest BCUT2D eigenvalue weighted by Crippen LogP contribution is 2.24. The predicted octanol–water partition coefficient (Wildman–Crippen LogP) is 12.2. The zero-order chi connectivity index (χ0) is 47.6. The van der Waals surface area contributed by atoms with Gasteiger partial charge in [-0.2, -0.15) is 9.97 Å². The molecule has 0 bridgehead atoms. The number of halogens is 3. The zero-order valence-corrected chi connectivity index (χ0v) is 41.5. The van der Waals surface area contributed by atoms with E-state index in [0.717, 1.165) is 56.0 Å². The first-order valence-electron chi connectivity index (χ1n) is 20.6. The Hall–Kier alpha value is -6.65. The molecule has 0 fully saturated rings. The maximum atomic E-state index is 9.93. The van der Waals surface area contributed by atoms with Crippen LogP contribution >= 0.6 is 44.3 Å². The van der Waals surface area contributed by atoms with Crippen molar-refractivity contribution in [2.45, 2.75) is 72.6 Å². The Labute approximate surface area is 409 Å². The highest BCUT2D eigenvalue weighted by atomic mass is 79.9. The second-order valence-electron chi connectivity index (χ2n) is 14.1. The molecule has 0 spiro atoms. The summed E-state index contributed by atoms with van der Waals surface area (Å²) < 4.78 is 12.5. The summed E-state index contributed by atoms with van der Waals surface area (Å²) in [5.74, 6) is 11.2. The van der Waals surface area contributed by atoms with Crippen LogP contribution < -0.4 is 5.73 Å². The van der Waals surface area contributed by atoms with E-state index in [-0.39, 0.29) is 30.1 Å². The minimum Gasteiger partial charge on any atom is -0.481 e. The van der Waals surface area contributed by atoms with E-state index < -0.39 is 5.97 Å². The summed E-state index contributed by atoms with van der Waals surface area (Å²) >= 11 is 6.67. The summed E-state index contributed by atoms with van der Waals surface area (Å²) in [6, 6.07) is 30.2. The molecular formula is C50H53Br2ClN8O5. The van der Waals surface area contributed by atoms with Crippen molar-refractivity contribution in [1.82, 2.24) is 30.2 Å². The maximum absolute atomic E-state index is 9.93. The molecule has 7 rings (SSSR count). The van der Waals surface area contributed by atoms with E-state index in [1.165, 1.54) is 0 Å². The summed E-state index contributed by atoms with van der Waals surface area (Å²) in [6.45, 7) is 11.9. The molecule has 0 amide bonds. The first-order valence-corrected chi connectivity index (χ1v) is 22.2. The number of hydrogen-bond donors (Lipinski definition) is 3. The van der Waals surface area contributed by atoms with Gasteiger partial charge in [-0.15, -0.1) is 18.8 Å². The lowest BCUT2D eigenvalue weighted by Crippen LogP contribution is -2.12. The molecule has 0 aliphatic carbocycles. The van der Waals surface area contributed by atoms with Gasteiger partial charge in [0.15, 0.2) is 5.84 Å². The number of carboxylic acids is 1. The van der Waals surface area contributed by atoms with Gasteiger partial charge >= 0.3 is 5.97 Å². The fourth-order valence-electron chi connectivity index (χ4n) is 4.64. The van der Waals surface area contributed by atoms with Gasteiger partial charge in [-0.05, 0) is 104 Å². The molecule has 0 saturated heterocycles. The molecule has 7 aromatic rings. The van der Waals surface area contributed by atoms with E-state index in [0.29, 0.717) is 34.9 Å². The number of nitrogens with zero attached hydrogens (tertiary/aromatic N) is 7. The molecule has 3 unspecified atom stereocenters. The largest absolute Gasteiger partial charge is 0.481 e. The number of oxime groups is 1. The van der Waals surface area contributed by atoms with Crippen LogP contribution in [0.1, 0.15) is 107 Å². The van der Waals surface area contributed by atoms with Crippen LogP contribution in [0.2, 0.25) is 0 Å². The molecule has 4 aromatic heterocycles. The number of rotatable bonds is 9. The van der Waals surface area contributed by atoms with Crippen LogP contribution in [0.15, 0.2) is 145 Å². The molecule has 3 atom stereocenters. The van der Waals surface area contributed by atoms with E-state index >= 15 is 0 Å². The summed E-state index contributed by atoms with van der Waals surface area (Å²) in [6.07, 6.45) is 14.6. The summed E-state index contributed by atoms with van der Waals surface area (Å²) in [5, 5.41) is 27.4. The highest BCUT2D eigenvalue weighted by Gasteiger charge is 2.14. The van der Waals surface area contributed by atoms with E-state index in [4.69, 9.17) is 31.5 Å². The first-order chi connectivity index (χ1) is 31.3. The van der Waals surface area contributed by atoms with Crippen LogP contribution in [0.4, 0.5) is 0 Å². The third kappa shape index (κ3) is 19.6. The first kappa shape index (κ1) is 55.5. The number of pyridine rings is 2. The van der Waals surface area contributed by atoms with Gasteiger partial charge in [0.05, 0.1) is 5.92 Å². The summed E-state index contributed by atoms with van der Waals surface area (Å²) in [7, 11) is 0.